The molecule has 1 N–H and O–H groups in total. The van der Waals surface area contributed by atoms with Crippen LogP contribution < -0.4 is 4.74 Å². The number of ether oxygens (including phenoxy) is 1. The molecule has 0 atom stereocenters. The Morgan fingerprint density at radius 2 is 1.60 bits per heavy atom. The first-order chi connectivity index (χ1) is 14.4. The third-order valence-corrected chi connectivity index (χ3v) is 6.08. The van der Waals surface area contributed by atoms with Crippen molar-refractivity contribution >= 4 is 0 Å². The summed E-state index contributed by atoms with van der Waals surface area (Å²) in [6.07, 6.45) is 5.73. The second kappa shape index (κ2) is 9.71. The van der Waals surface area contributed by atoms with E-state index in [0.29, 0.717) is 11.5 Å². The summed E-state index contributed by atoms with van der Waals surface area (Å²) in [6.45, 7) is 3.86. The number of rotatable bonds is 7. The molecule has 30 heavy (non-hydrogen) atoms. The van der Waals surface area contributed by atoms with Gasteiger partial charge in [-0.2, -0.15) is 8.78 Å². The van der Waals surface area contributed by atoms with Gasteiger partial charge >= 0.3 is 0 Å². The molecule has 164 valence electrons. The molecule has 0 bridgehead atoms. The minimum atomic E-state index is -1.46. The lowest BCUT2D eigenvalue weighted by atomic mass is 9.77. The normalized spacial score (nSPS) is 19.1. The van der Waals surface area contributed by atoms with E-state index in [4.69, 9.17) is 4.74 Å². The Morgan fingerprint density at radius 1 is 0.900 bits per heavy atom. The van der Waals surface area contributed by atoms with Crippen LogP contribution in [0.1, 0.15) is 75.0 Å². The Kier molecular flexibility index (Phi) is 7.27. The topological polar surface area (TPSA) is 29.5 Å². The van der Waals surface area contributed by atoms with Crippen LogP contribution in [-0.2, 0) is 6.42 Å². The van der Waals surface area contributed by atoms with Crippen molar-refractivity contribution in [1.29, 1.82) is 0 Å². The van der Waals surface area contributed by atoms with Crippen LogP contribution in [0.3, 0.4) is 0 Å². The molecule has 0 unspecified atom stereocenters. The molecule has 0 amide bonds. The average Bonchev–Trinajstić information content (AvgIpc) is 2.74. The van der Waals surface area contributed by atoms with E-state index in [0.717, 1.165) is 38.2 Å². The Hall–Kier alpha value is -2.24. The Balaban J connectivity index is 1.83. The molecular formula is C24H28F4O2. The number of phenolic OH excluding ortho intramolecular Hbond substituents is 1. The maximum atomic E-state index is 14.8. The number of aromatic hydroxyl groups is 1. The molecule has 3 rings (SSSR count). The van der Waals surface area contributed by atoms with E-state index < -0.39 is 29.0 Å². The molecule has 0 saturated heterocycles. The summed E-state index contributed by atoms with van der Waals surface area (Å²) >= 11 is 0. The molecule has 0 radical (unpaired) electrons. The quantitative estimate of drug-likeness (QED) is 0.484. The van der Waals surface area contributed by atoms with E-state index in [-0.39, 0.29) is 35.8 Å². The molecule has 0 aliphatic heterocycles. The summed E-state index contributed by atoms with van der Waals surface area (Å²) in [7, 11) is 0. The fraction of sp³-hybridized carbons (Fsp3) is 0.500. The molecule has 1 aliphatic rings. The second-order valence-electron chi connectivity index (χ2n) is 8.07. The van der Waals surface area contributed by atoms with E-state index in [2.05, 4.69) is 6.92 Å². The van der Waals surface area contributed by atoms with Gasteiger partial charge in [-0.05, 0) is 61.6 Å². The van der Waals surface area contributed by atoms with Crippen molar-refractivity contribution in [3.63, 3.8) is 0 Å². The first-order valence-corrected chi connectivity index (χ1v) is 10.7. The highest BCUT2D eigenvalue weighted by atomic mass is 19.2. The van der Waals surface area contributed by atoms with Gasteiger partial charge in [0.2, 0.25) is 11.6 Å². The van der Waals surface area contributed by atoms with Crippen molar-refractivity contribution in [2.45, 2.75) is 64.7 Å². The Morgan fingerprint density at radius 3 is 2.23 bits per heavy atom. The van der Waals surface area contributed by atoms with E-state index in [1.807, 2.05) is 0 Å². The zero-order valence-corrected chi connectivity index (χ0v) is 17.4. The molecule has 2 nitrogen and oxygen atoms in total. The highest BCUT2D eigenvalue weighted by molar-refractivity contribution is 5.45. The standard InChI is InChI=1S/C24H28F4O2/c1-3-5-14-6-8-15(9-7-14)18-11-10-16(20(25)21(18)26)12-17-13-19(30-4-2)22(27)23(28)24(17)29/h10-11,13-15,29H,3-9,12H2,1-2H3. The maximum absolute atomic E-state index is 14.8. The lowest BCUT2D eigenvalue weighted by Gasteiger charge is -2.29. The predicted octanol–water partition coefficient (Wildman–Crippen LogP) is 7.01. The van der Waals surface area contributed by atoms with E-state index in [1.165, 1.54) is 12.5 Å². The van der Waals surface area contributed by atoms with Crippen LogP contribution in [0.5, 0.6) is 11.5 Å². The van der Waals surface area contributed by atoms with Gasteiger partial charge in [-0.15, -0.1) is 0 Å². The van der Waals surface area contributed by atoms with Crippen molar-refractivity contribution in [2.24, 2.45) is 5.92 Å². The number of hydrogen-bond acceptors (Lipinski definition) is 2. The van der Waals surface area contributed by atoms with Gasteiger partial charge in [-0.1, -0.05) is 31.9 Å². The van der Waals surface area contributed by atoms with Gasteiger partial charge < -0.3 is 9.84 Å². The van der Waals surface area contributed by atoms with Crippen molar-refractivity contribution in [1.82, 2.24) is 0 Å². The minimum Gasteiger partial charge on any atom is -0.505 e. The summed E-state index contributed by atoms with van der Waals surface area (Å²) in [6, 6.07) is 4.17. The van der Waals surface area contributed by atoms with Gasteiger partial charge in [0.1, 0.15) is 0 Å². The third-order valence-electron chi connectivity index (χ3n) is 6.08. The highest BCUT2D eigenvalue weighted by Crippen LogP contribution is 2.40. The molecule has 1 fully saturated rings. The van der Waals surface area contributed by atoms with Crippen molar-refractivity contribution in [3.05, 3.63) is 58.2 Å². The molecular weight excluding hydrogens is 396 g/mol. The van der Waals surface area contributed by atoms with Crippen LogP contribution in [0.2, 0.25) is 0 Å². The highest BCUT2D eigenvalue weighted by Gasteiger charge is 2.27. The summed E-state index contributed by atoms with van der Waals surface area (Å²) in [5.41, 5.74) is 0.277. The van der Waals surface area contributed by atoms with Crippen LogP contribution in [0.25, 0.3) is 0 Å². The van der Waals surface area contributed by atoms with Gasteiger partial charge in [0.15, 0.2) is 23.1 Å². The summed E-state index contributed by atoms with van der Waals surface area (Å²) in [5.74, 6) is -5.31. The molecule has 1 aliphatic carbocycles. The molecule has 6 heteroatoms. The smallest absolute Gasteiger partial charge is 0.204 e. The molecule has 0 heterocycles. The third kappa shape index (κ3) is 4.57. The van der Waals surface area contributed by atoms with Gasteiger partial charge in [0.05, 0.1) is 6.61 Å². The lowest BCUT2D eigenvalue weighted by Crippen LogP contribution is -2.15. The number of halogens is 4. The summed E-state index contributed by atoms with van der Waals surface area (Å²) in [5, 5.41) is 9.93. The maximum Gasteiger partial charge on any atom is 0.204 e. The van der Waals surface area contributed by atoms with Crippen molar-refractivity contribution < 1.29 is 27.4 Å². The monoisotopic (exact) mass is 424 g/mol. The number of hydrogen-bond donors (Lipinski definition) is 1. The van der Waals surface area contributed by atoms with Crippen LogP contribution in [0, 0.1) is 29.2 Å². The largest absolute Gasteiger partial charge is 0.505 e. The molecule has 2 aromatic carbocycles. The van der Waals surface area contributed by atoms with Crippen molar-refractivity contribution in [2.75, 3.05) is 6.61 Å². The Bertz CT molecular complexity index is 890. The van der Waals surface area contributed by atoms with E-state index in [1.54, 1.807) is 13.0 Å². The SMILES string of the molecule is CCCC1CCC(c2ccc(Cc3cc(OCC)c(F)c(F)c3O)c(F)c2F)CC1. The Labute approximate surface area is 174 Å². The minimum absolute atomic E-state index is 0.0112. The molecule has 2 aromatic rings. The second-order valence-corrected chi connectivity index (χ2v) is 8.07. The summed E-state index contributed by atoms with van der Waals surface area (Å²) < 4.78 is 62.5. The average molecular weight is 424 g/mol. The van der Waals surface area contributed by atoms with E-state index >= 15 is 0 Å². The predicted molar refractivity (Wildman–Crippen MR) is 108 cm³/mol. The number of phenols is 1. The van der Waals surface area contributed by atoms with Crippen LogP contribution in [0.4, 0.5) is 17.6 Å². The number of benzene rings is 2. The van der Waals surface area contributed by atoms with Gasteiger partial charge in [0, 0.05) is 12.0 Å². The molecule has 1 saturated carbocycles. The zero-order chi connectivity index (χ0) is 21.8. The molecule has 0 aromatic heterocycles. The van der Waals surface area contributed by atoms with Gasteiger partial charge in [-0.25, -0.2) is 8.78 Å². The fourth-order valence-corrected chi connectivity index (χ4v) is 4.47. The van der Waals surface area contributed by atoms with Crippen molar-refractivity contribution in [3.8, 4) is 11.5 Å². The van der Waals surface area contributed by atoms with Crippen LogP contribution >= 0.6 is 0 Å². The molecule has 0 spiro atoms. The first-order valence-electron chi connectivity index (χ1n) is 10.7. The van der Waals surface area contributed by atoms with Crippen LogP contribution in [0.15, 0.2) is 18.2 Å². The van der Waals surface area contributed by atoms with Crippen LogP contribution in [-0.4, -0.2) is 11.7 Å². The fourth-order valence-electron chi connectivity index (χ4n) is 4.47. The van der Waals surface area contributed by atoms with E-state index in [9.17, 15) is 22.7 Å². The zero-order valence-electron chi connectivity index (χ0n) is 17.4. The van der Waals surface area contributed by atoms with Gasteiger partial charge in [0.25, 0.3) is 0 Å². The summed E-state index contributed by atoms with van der Waals surface area (Å²) in [4.78, 5) is 0. The van der Waals surface area contributed by atoms with Gasteiger partial charge in [-0.3, -0.25) is 0 Å². The lowest BCUT2D eigenvalue weighted by molar-refractivity contribution is 0.302. The first kappa shape index (κ1) is 22.4.